The minimum absolute atomic E-state index is 0.193. The van der Waals surface area contributed by atoms with E-state index in [1.165, 1.54) is 11.1 Å². The van der Waals surface area contributed by atoms with Gasteiger partial charge in [0.25, 0.3) is 0 Å². The molecule has 0 spiro atoms. The van der Waals surface area contributed by atoms with E-state index in [1.54, 1.807) is 4.90 Å². The average Bonchev–Trinajstić information content (AvgIpc) is 3.40. The predicted molar refractivity (Wildman–Crippen MR) is 118 cm³/mol. The lowest BCUT2D eigenvalue weighted by Crippen LogP contribution is -2.36. The van der Waals surface area contributed by atoms with Gasteiger partial charge in [-0.15, -0.1) is 0 Å². The lowest BCUT2D eigenvalue weighted by atomic mass is 9.96. The van der Waals surface area contributed by atoms with E-state index < -0.39 is 5.60 Å². The predicted octanol–water partition coefficient (Wildman–Crippen LogP) is 5.32. The van der Waals surface area contributed by atoms with Crippen LogP contribution >= 0.6 is 0 Å². The van der Waals surface area contributed by atoms with Crippen LogP contribution in [0.25, 0.3) is 0 Å². The van der Waals surface area contributed by atoms with Crippen molar-refractivity contribution in [1.29, 1.82) is 0 Å². The number of benzene rings is 2. The molecular formula is C25H29N3O3. The van der Waals surface area contributed by atoms with Gasteiger partial charge >= 0.3 is 6.09 Å². The van der Waals surface area contributed by atoms with E-state index in [0.29, 0.717) is 24.7 Å². The minimum atomic E-state index is -0.567. The van der Waals surface area contributed by atoms with Crippen LogP contribution in [0.15, 0.2) is 65.2 Å². The van der Waals surface area contributed by atoms with Gasteiger partial charge in [0.2, 0.25) is 5.89 Å². The lowest BCUT2D eigenvalue weighted by molar-refractivity contribution is 0.0198. The molecule has 3 aromatic rings. The fourth-order valence-electron chi connectivity index (χ4n) is 3.96. The number of carbonyl (C=O) groups is 1. The molecule has 6 heteroatoms. The van der Waals surface area contributed by atoms with Crippen molar-refractivity contribution in [3.05, 3.63) is 83.5 Å². The Morgan fingerprint density at radius 3 is 2.42 bits per heavy atom. The van der Waals surface area contributed by atoms with Crippen LogP contribution in [-0.2, 0) is 17.6 Å². The molecule has 1 fully saturated rings. The SMILES string of the molecule is CC(C)(C)OC(=O)N1CC(c2ccccc2)CC1c1nc(CCc2ccccc2)no1. The van der Waals surface area contributed by atoms with Crippen molar-refractivity contribution in [2.24, 2.45) is 0 Å². The molecule has 2 heterocycles. The summed E-state index contributed by atoms with van der Waals surface area (Å²) >= 11 is 0. The molecule has 2 unspecified atom stereocenters. The number of carbonyl (C=O) groups excluding carboxylic acids is 1. The average molecular weight is 420 g/mol. The number of nitrogens with zero attached hydrogens (tertiary/aromatic N) is 3. The van der Waals surface area contributed by atoms with Crippen molar-refractivity contribution >= 4 is 6.09 Å². The zero-order valence-electron chi connectivity index (χ0n) is 18.3. The number of rotatable bonds is 5. The van der Waals surface area contributed by atoms with Crippen molar-refractivity contribution < 1.29 is 14.1 Å². The fraction of sp³-hybridized carbons (Fsp3) is 0.400. The van der Waals surface area contributed by atoms with Crippen molar-refractivity contribution in [1.82, 2.24) is 15.0 Å². The molecule has 2 aromatic carbocycles. The number of aryl methyl sites for hydroxylation is 2. The first-order chi connectivity index (χ1) is 14.9. The Morgan fingerprint density at radius 1 is 1.06 bits per heavy atom. The van der Waals surface area contributed by atoms with Gasteiger partial charge < -0.3 is 9.26 Å². The third-order valence-electron chi connectivity index (χ3n) is 5.45. The minimum Gasteiger partial charge on any atom is -0.444 e. The Hall–Kier alpha value is -3.15. The van der Waals surface area contributed by atoms with Crippen LogP contribution in [0.2, 0.25) is 0 Å². The standard InChI is InChI=1S/C25H29N3O3/c1-25(2,3)30-24(29)28-17-20(19-12-8-5-9-13-19)16-21(28)23-26-22(27-31-23)15-14-18-10-6-4-7-11-18/h4-13,20-21H,14-17H2,1-3H3. The molecule has 0 aliphatic carbocycles. The van der Waals surface area contributed by atoms with E-state index in [9.17, 15) is 4.79 Å². The van der Waals surface area contributed by atoms with Crippen LogP contribution in [0.4, 0.5) is 4.79 Å². The van der Waals surface area contributed by atoms with Crippen LogP contribution in [0.5, 0.6) is 0 Å². The first-order valence-electron chi connectivity index (χ1n) is 10.8. The smallest absolute Gasteiger partial charge is 0.410 e. The van der Waals surface area contributed by atoms with E-state index in [4.69, 9.17) is 9.26 Å². The highest BCUT2D eigenvalue weighted by atomic mass is 16.6. The first-order valence-corrected chi connectivity index (χ1v) is 10.8. The van der Waals surface area contributed by atoms with Crippen LogP contribution < -0.4 is 0 Å². The molecular weight excluding hydrogens is 390 g/mol. The van der Waals surface area contributed by atoms with Gasteiger partial charge in [-0.05, 0) is 44.7 Å². The van der Waals surface area contributed by atoms with E-state index >= 15 is 0 Å². The molecule has 0 N–H and O–H groups in total. The Bertz CT molecular complexity index is 996. The van der Waals surface area contributed by atoms with Gasteiger partial charge in [-0.1, -0.05) is 65.8 Å². The molecule has 0 saturated carbocycles. The fourth-order valence-corrected chi connectivity index (χ4v) is 3.96. The summed E-state index contributed by atoms with van der Waals surface area (Å²) in [6.07, 6.45) is 1.91. The molecule has 1 aromatic heterocycles. The summed E-state index contributed by atoms with van der Waals surface area (Å²) in [4.78, 5) is 19.3. The number of hydrogen-bond acceptors (Lipinski definition) is 5. The molecule has 0 radical (unpaired) electrons. The van der Waals surface area contributed by atoms with Crippen molar-refractivity contribution in [2.45, 2.75) is 57.6 Å². The maximum Gasteiger partial charge on any atom is 0.410 e. The zero-order valence-corrected chi connectivity index (χ0v) is 18.3. The highest BCUT2D eigenvalue weighted by Gasteiger charge is 2.41. The molecule has 31 heavy (non-hydrogen) atoms. The number of amides is 1. The topological polar surface area (TPSA) is 68.5 Å². The summed E-state index contributed by atoms with van der Waals surface area (Å²) in [5.74, 6) is 1.33. The quantitative estimate of drug-likeness (QED) is 0.560. The second kappa shape index (κ2) is 8.92. The summed E-state index contributed by atoms with van der Waals surface area (Å²) in [5.41, 5.74) is 1.86. The molecule has 0 bridgehead atoms. The monoisotopic (exact) mass is 419 g/mol. The van der Waals surface area contributed by atoms with E-state index in [-0.39, 0.29) is 18.1 Å². The van der Waals surface area contributed by atoms with Gasteiger partial charge in [0.1, 0.15) is 11.6 Å². The number of hydrogen-bond donors (Lipinski definition) is 0. The van der Waals surface area contributed by atoms with Crippen molar-refractivity contribution in [3.63, 3.8) is 0 Å². The molecule has 6 nitrogen and oxygen atoms in total. The van der Waals surface area contributed by atoms with Crippen LogP contribution in [-0.4, -0.2) is 33.3 Å². The first kappa shape index (κ1) is 21.1. The molecule has 162 valence electrons. The largest absolute Gasteiger partial charge is 0.444 e. The molecule has 1 aliphatic heterocycles. The maximum absolute atomic E-state index is 13.0. The van der Waals surface area contributed by atoms with E-state index in [0.717, 1.165) is 12.8 Å². The molecule has 4 rings (SSSR count). The third kappa shape index (κ3) is 5.32. The van der Waals surface area contributed by atoms with Gasteiger partial charge in [-0.25, -0.2) is 4.79 Å². The summed E-state index contributed by atoms with van der Waals surface area (Å²) in [7, 11) is 0. The Kier molecular flexibility index (Phi) is 6.07. The molecule has 1 amide bonds. The zero-order chi connectivity index (χ0) is 21.8. The molecule has 2 atom stereocenters. The van der Waals surface area contributed by atoms with Gasteiger partial charge in [0.05, 0.1) is 0 Å². The maximum atomic E-state index is 13.0. The Morgan fingerprint density at radius 2 is 1.74 bits per heavy atom. The number of ether oxygens (including phenoxy) is 1. The molecule has 1 saturated heterocycles. The number of aromatic nitrogens is 2. The Labute approximate surface area is 183 Å². The van der Waals surface area contributed by atoms with Gasteiger partial charge in [0, 0.05) is 18.9 Å². The normalized spacial score (nSPS) is 18.9. The van der Waals surface area contributed by atoms with Gasteiger partial charge in [-0.3, -0.25) is 4.90 Å². The Balaban J connectivity index is 1.52. The summed E-state index contributed by atoms with van der Waals surface area (Å²) in [5, 5.41) is 4.18. The summed E-state index contributed by atoms with van der Waals surface area (Å²) in [6, 6.07) is 20.2. The van der Waals surface area contributed by atoms with Gasteiger partial charge in [0.15, 0.2) is 5.82 Å². The van der Waals surface area contributed by atoms with Crippen LogP contribution in [0.1, 0.15) is 62.0 Å². The third-order valence-corrected chi connectivity index (χ3v) is 5.45. The van der Waals surface area contributed by atoms with Gasteiger partial charge in [-0.2, -0.15) is 4.98 Å². The van der Waals surface area contributed by atoms with E-state index in [2.05, 4.69) is 34.4 Å². The summed E-state index contributed by atoms with van der Waals surface area (Å²) < 4.78 is 11.3. The summed E-state index contributed by atoms with van der Waals surface area (Å²) in [6.45, 7) is 6.18. The van der Waals surface area contributed by atoms with E-state index in [1.807, 2.05) is 57.2 Å². The van der Waals surface area contributed by atoms with Crippen molar-refractivity contribution in [3.8, 4) is 0 Å². The highest BCUT2D eigenvalue weighted by molar-refractivity contribution is 5.69. The van der Waals surface area contributed by atoms with Crippen molar-refractivity contribution in [2.75, 3.05) is 6.54 Å². The van der Waals surface area contributed by atoms with Crippen LogP contribution in [0, 0.1) is 0 Å². The number of likely N-dealkylation sites (tertiary alicyclic amines) is 1. The molecule has 1 aliphatic rings. The van der Waals surface area contributed by atoms with Crippen LogP contribution in [0.3, 0.4) is 0 Å². The lowest BCUT2D eigenvalue weighted by Gasteiger charge is -2.27. The second-order valence-corrected chi connectivity index (χ2v) is 9.03. The highest BCUT2D eigenvalue weighted by Crippen LogP contribution is 2.40. The second-order valence-electron chi connectivity index (χ2n) is 9.03.